The number of hydrogen-bond acceptors (Lipinski definition) is 4. The Morgan fingerprint density at radius 2 is 2.17 bits per heavy atom. The highest BCUT2D eigenvalue weighted by atomic mass is 35.5. The highest BCUT2D eigenvalue weighted by Crippen LogP contribution is 2.33. The van der Waals surface area contributed by atoms with Crippen LogP contribution in [0.1, 0.15) is 10.4 Å². The standard InChI is InChI=1S/C17H16ClN3O3/c1-23-8-9-24-15-13(18)5-2-6-14(15)21-17(22)12-10-20-16-11(12)4-3-7-19-16/h2-7,10H,8-9H2,1H3,(H,19,20)(H,21,22). The van der Waals surface area contributed by atoms with E-state index in [9.17, 15) is 4.79 Å². The Kier molecular flexibility index (Phi) is 4.98. The highest BCUT2D eigenvalue weighted by molar-refractivity contribution is 6.32. The number of aromatic amines is 1. The van der Waals surface area contributed by atoms with Crippen molar-refractivity contribution in [3.05, 3.63) is 53.3 Å². The maximum absolute atomic E-state index is 12.6. The number of rotatable bonds is 6. The van der Waals surface area contributed by atoms with Gasteiger partial charge in [-0.2, -0.15) is 0 Å². The van der Waals surface area contributed by atoms with Crippen molar-refractivity contribution >= 4 is 34.2 Å². The SMILES string of the molecule is COCCOc1c(Cl)cccc1NC(=O)c1c[nH]c2ncccc12. The third-order valence-electron chi connectivity index (χ3n) is 3.44. The summed E-state index contributed by atoms with van der Waals surface area (Å²) in [6.45, 7) is 0.757. The summed E-state index contributed by atoms with van der Waals surface area (Å²) in [5.74, 6) is 0.149. The zero-order valence-electron chi connectivity index (χ0n) is 13.0. The van der Waals surface area contributed by atoms with E-state index in [1.807, 2.05) is 6.07 Å². The fourth-order valence-corrected chi connectivity index (χ4v) is 2.54. The summed E-state index contributed by atoms with van der Waals surface area (Å²) in [4.78, 5) is 19.8. The van der Waals surface area contributed by atoms with Crippen molar-refractivity contribution in [3.63, 3.8) is 0 Å². The summed E-state index contributed by atoms with van der Waals surface area (Å²) in [5.41, 5.74) is 1.66. The molecule has 7 heteroatoms. The summed E-state index contributed by atoms with van der Waals surface area (Å²) in [7, 11) is 1.59. The van der Waals surface area contributed by atoms with E-state index in [0.29, 0.717) is 40.9 Å². The van der Waals surface area contributed by atoms with Gasteiger partial charge < -0.3 is 19.8 Å². The Morgan fingerprint density at radius 3 is 3.00 bits per heavy atom. The number of methoxy groups -OCH3 is 1. The molecule has 3 aromatic rings. The average Bonchev–Trinajstić information content (AvgIpc) is 3.01. The third kappa shape index (κ3) is 3.34. The molecule has 2 aromatic heterocycles. The van der Waals surface area contributed by atoms with Crippen molar-refractivity contribution in [2.24, 2.45) is 0 Å². The summed E-state index contributed by atoms with van der Waals surface area (Å²) < 4.78 is 10.6. The first-order valence-corrected chi connectivity index (χ1v) is 7.72. The maximum atomic E-state index is 12.6. The molecule has 2 N–H and O–H groups in total. The van der Waals surface area contributed by atoms with Gasteiger partial charge in [-0.3, -0.25) is 4.79 Å². The lowest BCUT2D eigenvalue weighted by Gasteiger charge is -2.13. The average molecular weight is 346 g/mol. The molecule has 2 heterocycles. The van der Waals surface area contributed by atoms with E-state index in [-0.39, 0.29) is 5.91 Å². The van der Waals surface area contributed by atoms with Gasteiger partial charge >= 0.3 is 0 Å². The topological polar surface area (TPSA) is 76.2 Å². The second kappa shape index (κ2) is 7.33. The predicted octanol–water partition coefficient (Wildman–Crippen LogP) is 3.49. The van der Waals surface area contributed by atoms with Gasteiger partial charge in [0.15, 0.2) is 5.75 Å². The largest absolute Gasteiger partial charge is 0.487 e. The number of nitrogens with one attached hydrogen (secondary N) is 2. The number of benzene rings is 1. The first-order chi connectivity index (χ1) is 11.7. The summed E-state index contributed by atoms with van der Waals surface area (Å²) in [6.07, 6.45) is 3.29. The van der Waals surface area contributed by atoms with Gasteiger partial charge in [-0.25, -0.2) is 4.98 Å². The normalized spacial score (nSPS) is 10.8. The number of H-pyrrole nitrogens is 1. The number of hydrogen-bond donors (Lipinski definition) is 2. The van der Waals surface area contributed by atoms with Crippen LogP contribution in [0.2, 0.25) is 5.02 Å². The first kappa shape index (κ1) is 16.3. The van der Waals surface area contributed by atoms with Crippen LogP contribution in [0.5, 0.6) is 5.75 Å². The summed E-state index contributed by atoms with van der Waals surface area (Å²) in [6, 6.07) is 8.80. The van der Waals surface area contributed by atoms with E-state index in [1.54, 1.807) is 43.8 Å². The molecule has 1 aromatic carbocycles. The lowest BCUT2D eigenvalue weighted by molar-refractivity contribution is 0.102. The predicted molar refractivity (Wildman–Crippen MR) is 92.9 cm³/mol. The van der Waals surface area contributed by atoms with E-state index in [4.69, 9.17) is 21.1 Å². The van der Waals surface area contributed by atoms with Gasteiger partial charge in [0.2, 0.25) is 0 Å². The Morgan fingerprint density at radius 1 is 1.29 bits per heavy atom. The van der Waals surface area contributed by atoms with Gasteiger partial charge in [-0.15, -0.1) is 0 Å². The van der Waals surface area contributed by atoms with E-state index in [2.05, 4.69) is 15.3 Å². The minimum atomic E-state index is -0.270. The number of carbonyl (C=O) groups excluding carboxylic acids is 1. The minimum absolute atomic E-state index is 0.270. The molecule has 0 aliphatic heterocycles. The molecule has 24 heavy (non-hydrogen) atoms. The van der Waals surface area contributed by atoms with E-state index < -0.39 is 0 Å². The van der Waals surface area contributed by atoms with Gasteiger partial charge in [-0.1, -0.05) is 17.7 Å². The quantitative estimate of drug-likeness (QED) is 0.670. The Labute approximate surface area is 143 Å². The molecule has 6 nitrogen and oxygen atoms in total. The van der Waals surface area contributed by atoms with E-state index in [1.165, 1.54) is 0 Å². The van der Waals surface area contributed by atoms with Gasteiger partial charge in [0, 0.05) is 24.9 Å². The van der Waals surface area contributed by atoms with Crippen molar-refractivity contribution in [2.45, 2.75) is 0 Å². The number of fused-ring (bicyclic) bond motifs is 1. The molecule has 0 spiro atoms. The molecular weight excluding hydrogens is 330 g/mol. The number of nitrogens with zero attached hydrogens (tertiary/aromatic N) is 1. The van der Waals surface area contributed by atoms with Crippen molar-refractivity contribution in [2.75, 3.05) is 25.6 Å². The van der Waals surface area contributed by atoms with E-state index in [0.717, 1.165) is 5.39 Å². The second-order valence-electron chi connectivity index (χ2n) is 5.01. The maximum Gasteiger partial charge on any atom is 0.257 e. The van der Waals surface area contributed by atoms with Crippen molar-refractivity contribution < 1.29 is 14.3 Å². The third-order valence-corrected chi connectivity index (χ3v) is 3.74. The molecule has 1 amide bonds. The number of para-hydroxylation sites is 1. The Hall–Kier alpha value is -2.57. The number of ether oxygens (including phenoxy) is 2. The molecule has 0 saturated heterocycles. The molecule has 0 saturated carbocycles. The number of pyridine rings is 1. The molecule has 3 rings (SSSR count). The van der Waals surface area contributed by atoms with Gasteiger partial charge in [0.05, 0.1) is 22.9 Å². The molecular formula is C17H16ClN3O3. The minimum Gasteiger partial charge on any atom is -0.487 e. The smallest absolute Gasteiger partial charge is 0.257 e. The Bertz CT molecular complexity index is 863. The summed E-state index contributed by atoms with van der Waals surface area (Å²) >= 11 is 6.18. The lowest BCUT2D eigenvalue weighted by Crippen LogP contribution is -2.13. The molecule has 0 fully saturated rings. The highest BCUT2D eigenvalue weighted by Gasteiger charge is 2.16. The first-order valence-electron chi connectivity index (χ1n) is 7.34. The van der Waals surface area contributed by atoms with Crippen LogP contribution in [0.15, 0.2) is 42.7 Å². The molecule has 0 aliphatic carbocycles. The zero-order valence-corrected chi connectivity index (χ0v) is 13.8. The number of halogens is 1. The van der Waals surface area contributed by atoms with Crippen molar-refractivity contribution in [1.82, 2.24) is 9.97 Å². The lowest BCUT2D eigenvalue weighted by atomic mass is 10.2. The van der Waals surface area contributed by atoms with Crippen molar-refractivity contribution in [1.29, 1.82) is 0 Å². The number of aromatic nitrogens is 2. The molecule has 0 bridgehead atoms. The van der Waals surface area contributed by atoms with Crippen LogP contribution < -0.4 is 10.1 Å². The number of anilines is 1. The molecule has 0 radical (unpaired) electrons. The number of amides is 1. The van der Waals surface area contributed by atoms with Crippen LogP contribution in [0.3, 0.4) is 0 Å². The summed E-state index contributed by atoms with van der Waals surface area (Å²) in [5, 5.41) is 4.01. The van der Waals surface area contributed by atoms with Gasteiger partial charge in [0.25, 0.3) is 5.91 Å². The second-order valence-corrected chi connectivity index (χ2v) is 5.42. The van der Waals surface area contributed by atoms with Crippen LogP contribution in [0, 0.1) is 0 Å². The van der Waals surface area contributed by atoms with Gasteiger partial charge in [0.1, 0.15) is 12.3 Å². The number of carbonyl (C=O) groups is 1. The molecule has 0 atom stereocenters. The molecule has 0 aliphatic rings. The van der Waals surface area contributed by atoms with Crippen molar-refractivity contribution in [3.8, 4) is 5.75 Å². The van der Waals surface area contributed by atoms with Crippen LogP contribution in [-0.2, 0) is 4.74 Å². The van der Waals surface area contributed by atoms with Crippen LogP contribution in [-0.4, -0.2) is 36.2 Å². The van der Waals surface area contributed by atoms with Crippen LogP contribution in [0.25, 0.3) is 11.0 Å². The van der Waals surface area contributed by atoms with E-state index >= 15 is 0 Å². The fraction of sp³-hybridized carbons (Fsp3) is 0.176. The fourth-order valence-electron chi connectivity index (χ4n) is 2.31. The molecule has 124 valence electrons. The van der Waals surface area contributed by atoms with Crippen LogP contribution >= 0.6 is 11.6 Å². The van der Waals surface area contributed by atoms with Crippen LogP contribution in [0.4, 0.5) is 5.69 Å². The Balaban J connectivity index is 1.85. The van der Waals surface area contributed by atoms with Gasteiger partial charge in [-0.05, 0) is 24.3 Å². The zero-order chi connectivity index (χ0) is 16.9. The molecule has 0 unspecified atom stereocenters. The monoisotopic (exact) mass is 345 g/mol.